The number of rotatable bonds is 4. The number of halogens is 1. The van der Waals surface area contributed by atoms with Crippen molar-refractivity contribution in [1.82, 2.24) is 0 Å². The molecule has 0 aliphatic carbocycles. The van der Waals surface area contributed by atoms with Crippen LogP contribution in [-0.2, 0) is 11.2 Å². The maximum absolute atomic E-state index is 12.5. The predicted octanol–water partition coefficient (Wildman–Crippen LogP) is 1.17. The van der Waals surface area contributed by atoms with E-state index >= 15 is 0 Å². The molecule has 1 aromatic carbocycles. The van der Waals surface area contributed by atoms with Gasteiger partial charge in [-0.05, 0) is 24.1 Å². The van der Waals surface area contributed by atoms with E-state index in [-0.39, 0.29) is 12.2 Å². The number of carboxylic acids is 1. The molecule has 1 unspecified atom stereocenters. The van der Waals surface area contributed by atoms with Gasteiger partial charge in [0.25, 0.3) is 0 Å². The molecule has 1 rings (SSSR count). The van der Waals surface area contributed by atoms with E-state index in [1.54, 1.807) is 12.1 Å². The van der Waals surface area contributed by atoms with Crippen molar-refractivity contribution in [2.24, 2.45) is 5.73 Å². The lowest BCUT2D eigenvalue weighted by molar-refractivity contribution is -0.137. The number of nitrogens with two attached hydrogens (primary N) is 1. The third kappa shape index (κ3) is 3.53. The van der Waals surface area contributed by atoms with Crippen LogP contribution < -0.4 is 5.73 Å². The summed E-state index contributed by atoms with van der Waals surface area (Å²) in [4.78, 5) is 10.3. The van der Waals surface area contributed by atoms with Crippen LogP contribution >= 0.6 is 0 Å². The molecule has 0 aliphatic heterocycles. The van der Waals surface area contributed by atoms with Gasteiger partial charge in [0, 0.05) is 6.04 Å². The van der Waals surface area contributed by atoms with Gasteiger partial charge in [-0.2, -0.15) is 0 Å². The average Bonchev–Trinajstić information content (AvgIpc) is 2.07. The maximum Gasteiger partial charge on any atom is 0.304 e. The van der Waals surface area contributed by atoms with Gasteiger partial charge in [0.2, 0.25) is 0 Å². The first-order valence-electron chi connectivity index (χ1n) is 4.30. The fourth-order valence-corrected chi connectivity index (χ4v) is 1.22. The molecule has 3 nitrogen and oxygen atoms in total. The Hall–Kier alpha value is -1.42. The van der Waals surface area contributed by atoms with Gasteiger partial charge < -0.3 is 10.8 Å². The molecule has 14 heavy (non-hydrogen) atoms. The van der Waals surface area contributed by atoms with E-state index in [0.717, 1.165) is 5.56 Å². The molecule has 0 heterocycles. The molecule has 0 bridgehead atoms. The lowest BCUT2D eigenvalue weighted by Crippen LogP contribution is -2.26. The van der Waals surface area contributed by atoms with Gasteiger partial charge in [-0.15, -0.1) is 0 Å². The van der Waals surface area contributed by atoms with Crippen molar-refractivity contribution in [3.63, 3.8) is 0 Å². The van der Waals surface area contributed by atoms with Gasteiger partial charge in [0.05, 0.1) is 6.42 Å². The molecular formula is C10H12FNO2. The first-order chi connectivity index (χ1) is 6.58. The summed E-state index contributed by atoms with van der Waals surface area (Å²) in [7, 11) is 0. The Labute approximate surface area is 81.4 Å². The number of hydrogen-bond donors (Lipinski definition) is 2. The molecule has 76 valence electrons. The molecule has 0 radical (unpaired) electrons. The Balaban J connectivity index is 2.51. The molecule has 0 saturated carbocycles. The van der Waals surface area contributed by atoms with Crippen LogP contribution in [0.5, 0.6) is 0 Å². The molecule has 0 amide bonds. The van der Waals surface area contributed by atoms with Crippen molar-refractivity contribution in [3.05, 3.63) is 35.6 Å². The zero-order valence-corrected chi connectivity index (χ0v) is 7.61. The van der Waals surface area contributed by atoms with Crippen molar-refractivity contribution < 1.29 is 14.3 Å². The monoisotopic (exact) mass is 197 g/mol. The molecule has 1 aromatic rings. The van der Waals surface area contributed by atoms with Gasteiger partial charge in [0.15, 0.2) is 0 Å². The summed E-state index contributed by atoms with van der Waals surface area (Å²) in [5.41, 5.74) is 6.42. The molecule has 1 atom stereocenters. The minimum absolute atomic E-state index is 0.0720. The van der Waals surface area contributed by atoms with Crippen LogP contribution in [-0.4, -0.2) is 17.1 Å². The summed E-state index contributed by atoms with van der Waals surface area (Å²) < 4.78 is 12.5. The number of hydrogen-bond acceptors (Lipinski definition) is 2. The van der Waals surface area contributed by atoms with Crippen molar-refractivity contribution in [1.29, 1.82) is 0 Å². The molecule has 0 aliphatic rings. The molecular weight excluding hydrogens is 185 g/mol. The molecule has 0 spiro atoms. The van der Waals surface area contributed by atoms with E-state index < -0.39 is 12.0 Å². The van der Waals surface area contributed by atoms with Crippen LogP contribution in [0.1, 0.15) is 12.0 Å². The summed E-state index contributed by atoms with van der Waals surface area (Å²) in [5.74, 6) is -1.22. The Morgan fingerprint density at radius 2 is 2.00 bits per heavy atom. The summed E-state index contributed by atoms with van der Waals surface area (Å²) in [6.45, 7) is 0. The van der Waals surface area contributed by atoms with Crippen molar-refractivity contribution >= 4 is 5.97 Å². The van der Waals surface area contributed by atoms with Crippen LogP contribution in [0.25, 0.3) is 0 Å². The van der Waals surface area contributed by atoms with Gasteiger partial charge >= 0.3 is 5.97 Å². The first-order valence-corrected chi connectivity index (χ1v) is 4.30. The van der Waals surface area contributed by atoms with Crippen LogP contribution in [0.15, 0.2) is 24.3 Å². The molecule has 4 heteroatoms. The highest BCUT2D eigenvalue weighted by atomic mass is 19.1. The highest BCUT2D eigenvalue weighted by Gasteiger charge is 2.08. The minimum atomic E-state index is -0.917. The highest BCUT2D eigenvalue weighted by Crippen LogP contribution is 2.06. The van der Waals surface area contributed by atoms with Crippen molar-refractivity contribution in [2.45, 2.75) is 18.9 Å². The Morgan fingerprint density at radius 3 is 2.50 bits per heavy atom. The third-order valence-corrected chi connectivity index (χ3v) is 1.85. The lowest BCUT2D eigenvalue weighted by atomic mass is 10.0. The standard InChI is InChI=1S/C10H12FNO2/c11-8-3-1-7(2-4-8)5-9(12)6-10(13)14/h1-4,9H,5-6,12H2,(H,13,14). The van der Waals surface area contributed by atoms with E-state index in [0.29, 0.717) is 6.42 Å². The molecule has 0 fully saturated rings. The smallest absolute Gasteiger partial charge is 0.304 e. The van der Waals surface area contributed by atoms with Crippen LogP contribution in [0, 0.1) is 5.82 Å². The Bertz CT molecular complexity index is 310. The highest BCUT2D eigenvalue weighted by molar-refractivity contribution is 5.67. The largest absolute Gasteiger partial charge is 0.481 e. The Morgan fingerprint density at radius 1 is 1.43 bits per heavy atom. The number of carboxylic acid groups (broad SMARTS) is 1. The van der Waals surface area contributed by atoms with E-state index in [4.69, 9.17) is 10.8 Å². The van der Waals surface area contributed by atoms with Gasteiger partial charge in [-0.1, -0.05) is 12.1 Å². The number of aliphatic carboxylic acids is 1. The van der Waals surface area contributed by atoms with E-state index in [1.165, 1.54) is 12.1 Å². The summed E-state index contributed by atoms with van der Waals surface area (Å²) in [6, 6.07) is 5.47. The molecule has 0 saturated heterocycles. The maximum atomic E-state index is 12.5. The van der Waals surface area contributed by atoms with Crippen molar-refractivity contribution in [2.75, 3.05) is 0 Å². The third-order valence-electron chi connectivity index (χ3n) is 1.85. The van der Waals surface area contributed by atoms with Crippen LogP contribution in [0.3, 0.4) is 0 Å². The fraction of sp³-hybridized carbons (Fsp3) is 0.300. The second-order valence-electron chi connectivity index (χ2n) is 3.19. The normalized spacial score (nSPS) is 12.4. The van der Waals surface area contributed by atoms with Gasteiger partial charge in [-0.25, -0.2) is 4.39 Å². The zero-order chi connectivity index (χ0) is 10.6. The van der Waals surface area contributed by atoms with Crippen LogP contribution in [0.2, 0.25) is 0 Å². The minimum Gasteiger partial charge on any atom is -0.481 e. The quantitative estimate of drug-likeness (QED) is 0.761. The molecule has 0 aromatic heterocycles. The van der Waals surface area contributed by atoms with E-state index in [9.17, 15) is 9.18 Å². The summed E-state index contributed by atoms with van der Waals surface area (Å²) >= 11 is 0. The fourth-order valence-electron chi connectivity index (χ4n) is 1.22. The topological polar surface area (TPSA) is 63.3 Å². The molecule has 3 N–H and O–H groups in total. The van der Waals surface area contributed by atoms with Crippen molar-refractivity contribution in [3.8, 4) is 0 Å². The Kier molecular flexibility index (Phi) is 3.59. The van der Waals surface area contributed by atoms with Crippen LogP contribution in [0.4, 0.5) is 4.39 Å². The number of carbonyl (C=O) groups is 1. The van der Waals surface area contributed by atoms with Gasteiger partial charge in [-0.3, -0.25) is 4.79 Å². The zero-order valence-electron chi connectivity index (χ0n) is 7.61. The lowest BCUT2D eigenvalue weighted by Gasteiger charge is -2.08. The van der Waals surface area contributed by atoms with E-state index in [1.807, 2.05) is 0 Å². The van der Waals surface area contributed by atoms with E-state index in [2.05, 4.69) is 0 Å². The number of benzene rings is 1. The SMILES string of the molecule is NC(CC(=O)O)Cc1ccc(F)cc1. The second kappa shape index (κ2) is 4.72. The summed E-state index contributed by atoms with van der Waals surface area (Å²) in [6.07, 6.45) is 0.379. The second-order valence-corrected chi connectivity index (χ2v) is 3.19. The average molecular weight is 197 g/mol. The van der Waals surface area contributed by atoms with Gasteiger partial charge in [0.1, 0.15) is 5.82 Å². The first kappa shape index (κ1) is 10.7. The summed E-state index contributed by atoms with van der Waals surface area (Å²) in [5, 5.41) is 8.47. The predicted molar refractivity (Wildman–Crippen MR) is 50.3 cm³/mol.